The number of nitrogens with zero attached hydrogens (tertiary/aromatic N) is 4. The number of unbranched alkanes of at least 4 members (excludes halogenated alkanes) is 1. The fourth-order valence-corrected chi connectivity index (χ4v) is 2.66. The van der Waals surface area contributed by atoms with Gasteiger partial charge in [-0.3, -0.25) is 4.79 Å². The molecular weight excluding hydrogens is 306 g/mol. The molecule has 7 nitrogen and oxygen atoms in total. The van der Waals surface area contributed by atoms with E-state index in [2.05, 4.69) is 15.0 Å². The lowest BCUT2D eigenvalue weighted by molar-refractivity contribution is -0.137. The first-order chi connectivity index (χ1) is 11.6. The molecule has 0 saturated carbocycles. The van der Waals surface area contributed by atoms with Crippen molar-refractivity contribution in [2.24, 2.45) is 0 Å². The molecule has 0 aliphatic rings. The molecule has 0 saturated heterocycles. The topological polar surface area (TPSA) is 107 Å². The highest BCUT2D eigenvalue weighted by Crippen LogP contribution is 2.19. The van der Waals surface area contributed by atoms with Crippen LogP contribution in [0.1, 0.15) is 30.5 Å². The Balaban J connectivity index is 1.82. The number of aliphatic carboxylic acids is 1. The lowest BCUT2D eigenvalue weighted by Gasteiger charge is -2.06. The van der Waals surface area contributed by atoms with Crippen molar-refractivity contribution >= 4 is 23.1 Å². The molecule has 3 N–H and O–H groups in total. The van der Waals surface area contributed by atoms with Crippen LogP contribution in [0.4, 0.5) is 5.95 Å². The maximum Gasteiger partial charge on any atom is 0.303 e. The Labute approximate surface area is 139 Å². The standard InChI is InChI=1S/C17H19N5O2/c18-17-20-13(8-4-5-9-14(23)24)15-16(21-17)22(11-19-15)10-12-6-2-1-3-7-12/h1-3,6-7,11H,4-5,8-10H2,(H,23,24)(H2,18,20,21). The number of carboxylic acids is 1. The number of aromatic nitrogens is 4. The second-order valence-corrected chi connectivity index (χ2v) is 5.66. The Morgan fingerprint density at radius 1 is 1.17 bits per heavy atom. The molecule has 3 rings (SSSR count). The monoisotopic (exact) mass is 325 g/mol. The van der Waals surface area contributed by atoms with E-state index in [1.807, 2.05) is 34.9 Å². The number of rotatable bonds is 7. The number of nitrogens with two attached hydrogens (primary N) is 1. The summed E-state index contributed by atoms with van der Waals surface area (Å²) >= 11 is 0. The Bertz CT molecular complexity index is 845. The summed E-state index contributed by atoms with van der Waals surface area (Å²) in [7, 11) is 0. The van der Waals surface area contributed by atoms with Crippen LogP contribution in [0.3, 0.4) is 0 Å². The largest absolute Gasteiger partial charge is 0.481 e. The molecule has 0 radical (unpaired) electrons. The van der Waals surface area contributed by atoms with Crippen LogP contribution in [0.2, 0.25) is 0 Å². The minimum Gasteiger partial charge on any atom is -0.481 e. The maximum absolute atomic E-state index is 10.6. The van der Waals surface area contributed by atoms with Gasteiger partial charge in [-0.25, -0.2) is 9.97 Å². The summed E-state index contributed by atoms with van der Waals surface area (Å²) in [5, 5.41) is 8.71. The maximum atomic E-state index is 10.6. The van der Waals surface area contributed by atoms with Crippen LogP contribution in [-0.4, -0.2) is 30.6 Å². The van der Waals surface area contributed by atoms with Gasteiger partial charge in [0.25, 0.3) is 0 Å². The first-order valence-corrected chi connectivity index (χ1v) is 7.86. The number of imidazole rings is 1. The van der Waals surface area contributed by atoms with Crippen molar-refractivity contribution < 1.29 is 9.90 Å². The summed E-state index contributed by atoms with van der Waals surface area (Å²) in [6, 6.07) is 10.1. The minimum atomic E-state index is -0.783. The summed E-state index contributed by atoms with van der Waals surface area (Å²) in [5.74, 6) is -0.569. The molecular formula is C17H19N5O2. The van der Waals surface area contributed by atoms with Gasteiger partial charge in [-0.15, -0.1) is 0 Å². The van der Waals surface area contributed by atoms with E-state index >= 15 is 0 Å². The van der Waals surface area contributed by atoms with Crippen molar-refractivity contribution in [2.45, 2.75) is 32.2 Å². The predicted molar refractivity (Wildman–Crippen MR) is 90.5 cm³/mol. The van der Waals surface area contributed by atoms with Gasteiger partial charge in [-0.2, -0.15) is 4.98 Å². The lowest BCUT2D eigenvalue weighted by atomic mass is 10.1. The number of carboxylic acid groups (broad SMARTS) is 1. The smallest absolute Gasteiger partial charge is 0.303 e. The molecule has 0 atom stereocenters. The van der Waals surface area contributed by atoms with Crippen LogP contribution in [0.25, 0.3) is 11.2 Å². The van der Waals surface area contributed by atoms with Crippen molar-refractivity contribution in [1.29, 1.82) is 0 Å². The molecule has 0 aliphatic carbocycles. The summed E-state index contributed by atoms with van der Waals surface area (Å²) in [6.45, 7) is 0.659. The molecule has 0 bridgehead atoms. The number of hydrogen-bond donors (Lipinski definition) is 2. The molecule has 3 aromatic rings. The Kier molecular flexibility index (Phi) is 4.69. The van der Waals surface area contributed by atoms with Crippen LogP contribution in [0.15, 0.2) is 36.7 Å². The summed E-state index contributed by atoms with van der Waals surface area (Å²) in [5.41, 5.74) is 9.20. The average Bonchev–Trinajstić information content (AvgIpc) is 2.95. The Hall–Kier alpha value is -2.96. The Morgan fingerprint density at radius 3 is 2.71 bits per heavy atom. The van der Waals surface area contributed by atoms with Crippen molar-refractivity contribution in [3.63, 3.8) is 0 Å². The molecule has 124 valence electrons. The molecule has 2 heterocycles. The number of carbonyl (C=O) groups is 1. The molecule has 1 aromatic carbocycles. The van der Waals surface area contributed by atoms with E-state index < -0.39 is 5.97 Å². The van der Waals surface area contributed by atoms with E-state index in [0.29, 0.717) is 25.0 Å². The second kappa shape index (κ2) is 7.08. The van der Waals surface area contributed by atoms with Crippen LogP contribution in [0.5, 0.6) is 0 Å². The normalized spacial score (nSPS) is 11.0. The summed E-state index contributed by atoms with van der Waals surface area (Å²) in [4.78, 5) is 23.6. The molecule has 24 heavy (non-hydrogen) atoms. The third kappa shape index (κ3) is 3.68. The third-order valence-corrected chi connectivity index (χ3v) is 3.80. The van der Waals surface area contributed by atoms with Crippen LogP contribution >= 0.6 is 0 Å². The highest BCUT2D eigenvalue weighted by atomic mass is 16.4. The van der Waals surface area contributed by atoms with Crippen LogP contribution in [-0.2, 0) is 17.8 Å². The Morgan fingerprint density at radius 2 is 1.96 bits per heavy atom. The van der Waals surface area contributed by atoms with Gasteiger partial charge in [0.2, 0.25) is 5.95 Å². The summed E-state index contributed by atoms with van der Waals surface area (Å²) in [6.07, 6.45) is 3.87. The number of fused-ring (bicyclic) bond motifs is 1. The van der Waals surface area contributed by atoms with E-state index in [-0.39, 0.29) is 12.4 Å². The van der Waals surface area contributed by atoms with E-state index in [0.717, 1.165) is 23.2 Å². The van der Waals surface area contributed by atoms with Gasteiger partial charge in [0.1, 0.15) is 5.52 Å². The number of hydrogen-bond acceptors (Lipinski definition) is 5. The fourth-order valence-electron chi connectivity index (χ4n) is 2.66. The summed E-state index contributed by atoms with van der Waals surface area (Å²) < 4.78 is 1.95. The zero-order chi connectivity index (χ0) is 16.9. The quantitative estimate of drug-likeness (QED) is 0.645. The molecule has 0 amide bonds. The average molecular weight is 325 g/mol. The number of anilines is 1. The number of aryl methyl sites for hydroxylation is 1. The van der Waals surface area contributed by atoms with Gasteiger partial charge in [0.05, 0.1) is 18.6 Å². The van der Waals surface area contributed by atoms with E-state index in [9.17, 15) is 4.79 Å². The predicted octanol–water partition coefficient (Wildman–Crippen LogP) is 2.25. The van der Waals surface area contributed by atoms with Crippen molar-refractivity contribution in [3.8, 4) is 0 Å². The molecule has 0 unspecified atom stereocenters. The first kappa shape index (κ1) is 15.9. The van der Waals surface area contributed by atoms with Crippen molar-refractivity contribution in [2.75, 3.05) is 5.73 Å². The van der Waals surface area contributed by atoms with Gasteiger partial charge < -0.3 is 15.4 Å². The zero-order valence-corrected chi connectivity index (χ0v) is 13.2. The van der Waals surface area contributed by atoms with Crippen LogP contribution < -0.4 is 5.73 Å². The van der Waals surface area contributed by atoms with Crippen molar-refractivity contribution in [3.05, 3.63) is 47.9 Å². The van der Waals surface area contributed by atoms with Gasteiger partial charge in [-0.1, -0.05) is 30.3 Å². The number of nitrogen functional groups attached to an aromatic ring is 1. The van der Waals surface area contributed by atoms with E-state index in [1.165, 1.54) is 0 Å². The van der Waals surface area contributed by atoms with E-state index in [4.69, 9.17) is 10.8 Å². The minimum absolute atomic E-state index is 0.159. The zero-order valence-electron chi connectivity index (χ0n) is 13.2. The highest BCUT2D eigenvalue weighted by molar-refractivity contribution is 5.74. The molecule has 0 fully saturated rings. The SMILES string of the molecule is Nc1nc(CCCCC(=O)O)c2ncn(Cc3ccccc3)c2n1. The van der Waals surface area contributed by atoms with Gasteiger partial charge in [0, 0.05) is 6.42 Å². The molecule has 2 aromatic heterocycles. The van der Waals surface area contributed by atoms with Gasteiger partial charge in [-0.05, 0) is 24.8 Å². The van der Waals surface area contributed by atoms with E-state index in [1.54, 1.807) is 6.33 Å². The highest BCUT2D eigenvalue weighted by Gasteiger charge is 2.12. The van der Waals surface area contributed by atoms with Crippen LogP contribution in [0, 0.1) is 0 Å². The fraction of sp³-hybridized carbons (Fsp3) is 0.294. The van der Waals surface area contributed by atoms with Gasteiger partial charge >= 0.3 is 5.97 Å². The molecule has 0 aliphatic heterocycles. The molecule has 0 spiro atoms. The van der Waals surface area contributed by atoms with Gasteiger partial charge in [0.15, 0.2) is 5.65 Å². The number of benzene rings is 1. The second-order valence-electron chi connectivity index (χ2n) is 5.66. The first-order valence-electron chi connectivity index (χ1n) is 7.86. The lowest BCUT2D eigenvalue weighted by Crippen LogP contribution is -2.05. The van der Waals surface area contributed by atoms with Crippen molar-refractivity contribution in [1.82, 2.24) is 19.5 Å². The molecule has 7 heteroatoms. The third-order valence-electron chi connectivity index (χ3n) is 3.80.